The summed E-state index contributed by atoms with van der Waals surface area (Å²) in [5, 5.41) is 9.50. The van der Waals surface area contributed by atoms with Crippen molar-refractivity contribution in [3.63, 3.8) is 0 Å². The van der Waals surface area contributed by atoms with Crippen LogP contribution in [0.4, 0.5) is 0 Å². The Labute approximate surface area is 76.7 Å². The van der Waals surface area contributed by atoms with Crippen molar-refractivity contribution in [2.75, 3.05) is 0 Å². The molecular formula is C9H13N3O. The third-order valence-electron chi connectivity index (χ3n) is 2.50. The van der Waals surface area contributed by atoms with E-state index in [0.717, 1.165) is 12.1 Å². The largest absolute Gasteiger partial charge is 0.349 e. The molecule has 4 nitrogen and oxygen atoms in total. The Morgan fingerprint density at radius 3 is 2.92 bits per heavy atom. The van der Waals surface area contributed by atoms with Crippen molar-refractivity contribution in [2.45, 2.75) is 26.3 Å². The summed E-state index contributed by atoms with van der Waals surface area (Å²) in [5.41, 5.74) is 1.48. The van der Waals surface area contributed by atoms with E-state index in [-0.39, 0.29) is 5.91 Å². The van der Waals surface area contributed by atoms with Crippen molar-refractivity contribution >= 4 is 5.91 Å². The summed E-state index contributed by atoms with van der Waals surface area (Å²) < 4.78 is 0. The Kier molecular flexibility index (Phi) is 1.83. The maximum absolute atomic E-state index is 11.6. The summed E-state index contributed by atoms with van der Waals surface area (Å²) in [6.07, 6.45) is 2.67. The van der Waals surface area contributed by atoms with E-state index in [1.165, 1.54) is 0 Å². The average Bonchev–Trinajstić information content (AvgIpc) is 2.62. The van der Waals surface area contributed by atoms with Gasteiger partial charge in [-0.05, 0) is 19.3 Å². The summed E-state index contributed by atoms with van der Waals surface area (Å²) in [6.45, 7) is 3.98. The fourth-order valence-corrected chi connectivity index (χ4v) is 1.35. The minimum absolute atomic E-state index is 0.0133. The van der Waals surface area contributed by atoms with Crippen LogP contribution in [0.3, 0.4) is 0 Å². The zero-order valence-electron chi connectivity index (χ0n) is 7.79. The van der Waals surface area contributed by atoms with Crippen LogP contribution in [0.15, 0.2) is 6.20 Å². The van der Waals surface area contributed by atoms with Crippen molar-refractivity contribution in [2.24, 2.45) is 5.92 Å². The standard InChI is InChI=1S/C9H13N3O/c1-5-3-8(5)11-9(13)7-4-10-12-6(7)2/h4-5,8H,3H2,1-2H3,(H,10,12)(H,11,13). The van der Waals surface area contributed by atoms with Crippen molar-refractivity contribution < 1.29 is 4.79 Å². The summed E-state index contributed by atoms with van der Waals surface area (Å²) in [4.78, 5) is 11.6. The molecule has 0 bridgehead atoms. The van der Waals surface area contributed by atoms with Gasteiger partial charge in [-0.25, -0.2) is 0 Å². The molecular weight excluding hydrogens is 166 g/mol. The van der Waals surface area contributed by atoms with Gasteiger partial charge in [-0.3, -0.25) is 9.89 Å². The van der Waals surface area contributed by atoms with Crippen LogP contribution < -0.4 is 5.32 Å². The lowest BCUT2D eigenvalue weighted by Gasteiger charge is -2.01. The molecule has 4 heteroatoms. The highest BCUT2D eigenvalue weighted by atomic mass is 16.1. The second kappa shape index (κ2) is 2.87. The minimum Gasteiger partial charge on any atom is -0.349 e. The number of nitrogens with one attached hydrogen (secondary N) is 2. The first-order valence-corrected chi connectivity index (χ1v) is 4.49. The third-order valence-corrected chi connectivity index (χ3v) is 2.50. The lowest BCUT2D eigenvalue weighted by atomic mass is 10.2. The van der Waals surface area contributed by atoms with E-state index in [9.17, 15) is 4.79 Å². The van der Waals surface area contributed by atoms with Gasteiger partial charge in [0.05, 0.1) is 11.8 Å². The Morgan fingerprint density at radius 1 is 1.77 bits per heavy atom. The molecule has 2 N–H and O–H groups in total. The molecule has 1 aromatic rings. The molecule has 2 unspecified atom stereocenters. The number of aryl methyl sites for hydroxylation is 1. The Bertz CT molecular complexity index is 331. The van der Waals surface area contributed by atoms with Crippen molar-refractivity contribution in [1.82, 2.24) is 15.5 Å². The lowest BCUT2D eigenvalue weighted by Crippen LogP contribution is -2.26. The highest BCUT2D eigenvalue weighted by molar-refractivity contribution is 5.95. The van der Waals surface area contributed by atoms with Gasteiger partial charge in [0.15, 0.2) is 0 Å². The van der Waals surface area contributed by atoms with Crippen molar-refractivity contribution in [3.05, 3.63) is 17.5 Å². The van der Waals surface area contributed by atoms with Gasteiger partial charge in [0, 0.05) is 11.7 Å². The van der Waals surface area contributed by atoms with Gasteiger partial charge in [-0.15, -0.1) is 0 Å². The average molecular weight is 179 g/mol. The summed E-state index contributed by atoms with van der Waals surface area (Å²) >= 11 is 0. The first-order chi connectivity index (χ1) is 6.18. The zero-order chi connectivity index (χ0) is 9.42. The quantitative estimate of drug-likeness (QED) is 0.707. The van der Waals surface area contributed by atoms with Gasteiger partial charge in [0.1, 0.15) is 0 Å². The molecule has 1 aromatic heterocycles. The molecule has 1 amide bonds. The number of carbonyl (C=O) groups excluding carboxylic acids is 1. The maximum Gasteiger partial charge on any atom is 0.254 e. The molecule has 0 radical (unpaired) electrons. The van der Waals surface area contributed by atoms with Gasteiger partial charge in [0.25, 0.3) is 5.91 Å². The molecule has 0 spiro atoms. The molecule has 13 heavy (non-hydrogen) atoms. The Morgan fingerprint density at radius 2 is 2.46 bits per heavy atom. The van der Waals surface area contributed by atoms with Crippen molar-refractivity contribution in [3.8, 4) is 0 Å². The lowest BCUT2D eigenvalue weighted by molar-refractivity contribution is 0.0949. The third kappa shape index (κ3) is 1.56. The van der Waals surface area contributed by atoms with Crippen LogP contribution in [-0.4, -0.2) is 22.1 Å². The van der Waals surface area contributed by atoms with Gasteiger partial charge in [0.2, 0.25) is 0 Å². The van der Waals surface area contributed by atoms with Crippen LogP contribution in [0.1, 0.15) is 29.4 Å². The topological polar surface area (TPSA) is 57.8 Å². The van der Waals surface area contributed by atoms with Crippen LogP contribution in [-0.2, 0) is 0 Å². The van der Waals surface area contributed by atoms with Crippen LogP contribution in [0.2, 0.25) is 0 Å². The van der Waals surface area contributed by atoms with E-state index in [1.54, 1.807) is 6.20 Å². The highest BCUT2D eigenvalue weighted by Crippen LogP contribution is 2.29. The minimum atomic E-state index is -0.0133. The first kappa shape index (κ1) is 8.29. The second-order valence-electron chi connectivity index (χ2n) is 3.70. The molecule has 0 aliphatic heterocycles. The van der Waals surface area contributed by atoms with Crippen LogP contribution in [0.25, 0.3) is 0 Å². The summed E-state index contributed by atoms with van der Waals surface area (Å²) in [7, 11) is 0. The van der Waals surface area contributed by atoms with Crippen molar-refractivity contribution in [1.29, 1.82) is 0 Å². The maximum atomic E-state index is 11.6. The molecule has 1 aliphatic carbocycles. The van der Waals surface area contributed by atoms with Crippen LogP contribution in [0.5, 0.6) is 0 Å². The van der Waals surface area contributed by atoms with E-state index in [0.29, 0.717) is 17.5 Å². The van der Waals surface area contributed by atoms with E-state index in [2.05, 4.69) is 22.4 Å². The van der Waals surface area contributed by atoms with Gasteiger partial charge in [-0.2, -0.15) is 5.10 Å². The predicted octanol–water partition coefficient (Wildman–Crippen LogP) is 0.856. The SMILES string of the molecule is Cc1[nH]ncc1C(=O)NC1CC1C. The number of carbonyl (C=O) groups is 1. The van der Waals surface area contributed by atoms with E-state index >= 15 is 0 Å². The zero-order valence-corrected chi connectivity index (χ0v) is 7.79. The number of aromatic amines is 1. The molecule has 1 fully saturated rings. The second-order valence-corrected chi connectivity index (χ2v) is 3.70. The normalized spacial score (nSPS) is 25.7. The van der Waals surface area contributed by atoms with Crippen LogP contribution >= 0.6 is 0 Å². The van der Waals surface area contributed by atoms with Gasteiger partial charge >= 0.3 is 0 Å². The number of amides is 1. The Balaban J connectivity index is 2.01. The van der Waals surface area contributed by atoms with Gasteiger partial charge in [-0.1, -0.05) is 6.92 Å². The van der Waals surface area contributed by atoms with Crippen LogP contribution in [0, 0.1) is 12.8 Å². The first-order valence-electron chi connectivity index (χ1n) is 4.49. The predicted molar refractivity (Wildman–Crippen MR) is 48.4 cm³/mol. The monoisotopic (exact) mass is 179 g/mol. The number of hydrogen-bond acceptors (Lipinski definition) is 2. The van der Waals surface area contributed by atoms with E-state index in [4.69, 9.17) is 0 Å². The Hall–Kier alpha value is -1.32. The van der Waals surface area contributed by atoms with E-state index < -0.39 is 0 Å². The molecule has 70 valence electrons. The number of hydrogen-bond donors (Lipinski definition) is 2. The number of nitrogens with zero attached hydrogens (tertiary/aromatic N) is 1. The summed E-state index contributed by atoms with van der Waals surface area (Å²) in [5.74, 6) is 0.622. The number of aromatic nitrogens is 2. The molecule has 1 aliphatic rings. The molecule has 0 saturated heterocycles. The summed E-state index contributed by atoms with van der Waals surface area (Å²) in [6, 6.07) is 0.377. The number of rotatable bonds is 2. The number of H-pyrrole nitrogens is 1. The molecule has 0 aromatic carbocycles. The smallest absolute Gasteiger partial charge is 0.254 e. The highest BCUT2D eigenvalue weighted by Gasteiger charge is 2.34. The molecule has 1 heterocycles. The van der Waals surface area contributed by atoms with E-state index in [1.807, 2.05) is 6.92 Å². The fraction of sp³-hybridized carbons (Fsp3) is 0.556. The molecule has 2 atom stereocenters. The van der Waals surface area contributed by atoms with Gasteiger partial charge < -0.3 is 5.32 Å². The molecule has 2 rings (SSSR count). The fourth-order valence-electron chi connectivity index (χ4n) is 1.35. The molecule has 1 saturated carbocycles.